The number of allylic oxidation sites excluding steroid dienone is 1. The number of ether oxygens (including phenoxy) is 1. The van der Waals surface area contributed by atoms with E-state index in [0.29, 0.717) is 31.1 Å². The van der Waals surface area contributed by atoms with Crippen LogP contribution >= 0.6 is 7.60 Å². The average molecular weight is 326 g/mol. The van der Waals surface area contributed by atoms with Crippen molar-refractivity contribution in [1.29, 1.82) is 0 Å². The summed E-state index contributed by atoms with van der Waals surface area (Å²) in [4.78, 5) is 11.2. The second-order valence-corrected chi connectivity index (χ2v) is 6.60. The van der Waals surface area contributed by atoms with E-state index in [1.807, 2.05) is 0 Å². The molecular formula is C16H23O5P. The molecule has 0 aliphatic rings. The molecule has 0 saturated carbocycles. The van der Waals surface area contributed by atoms with E-state index in [-0.39, 0.29) is 11.9 Å². The second-order valence-electron chi connectivity index (χ2n) is 4.49. The highest BCUT2D eigenvalue weighted by Crippen LogP contribution is 2.47. The number of rotatable bonds is 10. The number of ketones is 1. The molecule has 1 aromatic carbocycles. The zero-order valence-electron chi connectivity index (χ0n) is 13.3. The van der Waals surface area contributed by atoms with E-state index in [1.54, 1.807) is 50.3 Å². The summed E-state index contributed by atoms with van der Waals surface area (Å²) >= 11 is 0. The number of carbonyl (C=O) groups is 1. The summed E-state index contributed by atoms with van der Waals surface area (Å²) in [6.45, 7) is 6.13. The minimum absolute atomic E-state index is 0.0223. The van der Waals surface area contributed by atoms with Gasteiger partial charge in [0.05, 0.1) is 19.4 Å². The fraction of sp³-hybridized carbons (Fsp3) is 0.438. The van der Waals surface area contributed by atoms with E-state index >= 15 is 0 Å². The van der Waals surface area contributed by atoms with Crippen LogP contribution in [0.2, 0.25) is 0 Å². The van der Waals surface area contributed by atoms with Crippen LogP contribution in [0.5, 0.6) is 5.75 Å². The Kier molecular flexibility index (Phi) is 8.10. The zero-order valence-corrected chi connectivity index (χ0v) is 14.2. The molecule has 1 aromatic rings. The lowest BCUT2D eigenvalue weighted by Gasteiger charge is -2.14. The number of carbonyl (C=O) groups excluding carboxylic acids is 1. The van der Waals surface area contributed by atoms with Gasteiger partial charge in [0, 0.05) is 5.56 Å². The third-order valence-electron chi connectivity index (χ3n) is 2.75. The first-order chi connectivity index (χ1) is 10.5. The molecular weight excluding hydrogens is 303 g/mol. The Hall–Kier alpha value is -1.42. The van der Waals surface area contributed by atoms with Crippen LogP contribution in [0, 0.1) is 0 Å². The van der Waals surface area contributed by atoms with Crippen LogP contribution in [0.3, 0.4) is 0 Å². The molecule has 0 spiro atoms. The Morgan fingerprint density at radius 1 is 1.09 bits per heavy atom. The van der Waals surface area contributed by atoms with Crippen molar-refractivity contribution in [3.05, 3.63) is 42.0 Å². The molecule has 0 aliphatic heterocycles. The summed E-state index contributed by atoms with van der Waals surface area (Å²) in [5.41, 5.74) is 0.650. The molecule has 5 nitrogen and oxygen atoms in total. The van der Waals surface area contributed by atoms with Gasteiger partial charge < -0.3 is 13.8 Å². The first kappa shape index (κ1) is 18.6. The van der Waals surface area contributed by atoms with Gasteiger partial charge >= 0.3 is 7.60 Å². The Morgan fingerprint density at radius 2 is 1.68 bits per heavy atom. The van der Waals surface area contributed by atoms with Crippen LogP contribution in [-0.4, -0.2) is 31.8 Å². The molecule has 122 valence electrons. The van der Waals surface area contributed by atoms with E-state index in [0.717, 1.165) is 0 Å². The molecule has 0 unspecified atom stereocenters. The van der Waals surface area contributed by atoms with E-state index in [9.17, 15) is 9.36 Å². The third kappa shape index (κ3) is 6.56. The molecule has 0 aromatic heterocycles. The second kappa shape index (κ2) is 9.57. The van der Waals surface area contributed by atoms with Crippen LogP contribution in [0.25, 0.3) is 0 Å². The van der Waals surface area contributed by atoms with Gasteiger partial charge in [-0.15, -0.1) is 0 Å². The molecule has 6 heteroatoms. The highest BCUT2D eigenvalue weighted by Gasteiger charge is 2.20. The van der Waals surface area contributed by atoms with Crippen molar-refractivity contribution in [3.8, 4) is 5.75 Å². The summed E-state index contributed by atoms with van der Waals surface area (Å²) in [6, 6.07) is 6.94. The Labute approximate surface area is 131 Å². The fourth-order valence-corrected chi connectivity index (χ4v) is 3.22. The van der Waals surface area contributed by atoms with E-state index in [4.69, 9.17) is 13.8 Å². The minimum atomic E-state index is -3.03. The summed E-state index contributed by atoms with van der Waals surface area (Å²) < 4.78 is 28.0. The number of benzene rings is 1. The van der Waals surface area contributed by atoms with Gasteiger partial charge in [0.15, 0.2) is 5.78 Å². The highest BCUT2D eigenvalue weighted by molar-refractivity contribution is 7.54. The minimum Gasteiger partial charge on any atom is -0.490 e. The largest absolute Gasteiger partial charge is 0.490 e. The van der Waals surface area contributed by atoms with Crippen molar-refractivity contribution in [2.24, 2.45) is 0 Å². The average Bonchev–Trinajstić information content (AvgIpc) is 2.48. The van der Waals surface area contributed by atoms with Crippen molar-refractivity contribution in [1.82, 2.24) is 0 Å². The number of hydrogen-bond acceptors (Lipinski definition) is 5. The molecule has 0 N–H and O–H groups in total. The number of Topliss-reactive ketones (excluding diaryl/α,β-unsaturated/α-hetero) is 1. The monoisotopic (exact) mass is 326 g/mol. The molecule has 0 saturated heterocycles. The zero-order chi connectivity index (χ0) is 16.4. The van der Waals surface area contributed by atoms with Crippen molar-refractivity contribution in [2.75, 3.05) is 26.0 Å². The lowest BCUT2D eigenvalue weighted by atomic mass is 10.1. The van der Waals surface area contributed by atoms with Gasteiger partial charge in [0.25, 0.3) is 0 Å². The van der Waals surface area contributed by atoms with Crippen LogP contribution in [0.1, 0.15) is 31.1 Å². The fourth-order valence-electron chi connectivity index (χ4n) is 1.74. The predicted molar refractivity (Wildman–Crippen MR) is 86.8 cm³/mol. The summed E-state index contributed by atoms with van der Waals surface area (Å²) in [5, 5.41) is 0. The van der Waals surface area contributed by atoms with Crippen molar-refractivity contribution in [3.63, 3.8) is 0 Å². The summed E-state index contributed by atoms with van der Waals surface area (Å²) in [5.74, 6) is 0.696. The van der Waals surface area contributed by atoms with Gasteiger partial charge in [-0.1, -0.05) is 12.2 Å². The first-order valence-electron chi connectivity index (χ1n) is 7.27. The number of hydrogen-bond donors (Lipinski definition) is 0. The Bertz CT molecular complexity index is 526. The molecule has 0 aliphatic carbocycles. The van der Waals surface area contributed by atoms with E-state index in [2.05, 4.69) is 0 Å². The Morgan fingerprint density at radius 3 is 2.18 bits per heavy atom. The normalized spacial score (nSPS) is 11.8. The van der Waals surface area contributed by atoms with Crippen LogP contribution in [0.15, 0.2) is 36.4 Å². The van der Waals surface area contributed by atoms with Crippen LogP contribution in [0.4, 0.5) is 0 Å². The smallest absolute Gasteiger partial charge is 0.334 e. The van der Waals surface area contributed by atoms with E-state index in [1.165, 1.54) is 6.92 Å². The predicted octanol–water partition coefficient (Wildman–Crippen LogP) is 4.09. The summed E-state index contributed by atoms with van der Waals surface area (Å²) in [6.07, 6.45) is 3.72. The van der Waals surface area contributed by atoms with Crippen molar-refractivity contribution in [2.45, 2.75) is 20.8 Å². The van der Waals surface area contributed by atoms with Gasteiger partial charge in [0.2, 0.25) is 0 Å². The lowest BCUT2D eigenvalue weighted by molar-refractivity contribution is 0.101. The molecule has 22 heavy (non-hydrogen) atoms. The van der Waals surface area contributed by atoms with E-state index < -0.39 is 7.60 Å². The van der Waals surface area contributed by atoms with Crippen molar-refractivity contribution >= 4 is 13.4 Å². The van der Waals surface area contributed by atoms with Crippen molar-refractivity contribution < 1.29 is 23.1 Å². The molecule has 0 amide bonds. The topological polar surface area (TPSA) is 61.8 Å². The first-order valence-corrected chi connectivity index (χ1v) is 9.00. The SMILES string of the molecule is CCOP(=O)(CC=CCOc1ccc(C(C)=O)cc1)OCC. The lowest BCUT2D eigenvalue weighted by Crippen LogP contribution is -1.99. The molecule has 0 radical (unpaired) electrons. The molecule has 0 fully saturated rings. The van der Waals surface area contributed by atoms with Gasteiger partial charge in [-0.3, -0.25) is 9.36 Å². The molecule has 0 heterocycles. The maximum atomic E-state index is 12.2. The molecule has 0 bridgehead atoms. The maximum absolute atomic E-state index is 12.2. The highest BCUT2D eigenvalue weighted by atomic mass is 31.2. The molecule has 0 atom stereocenters. The van der Waals surface area contributed by atoms with Gasteiger partial charge in [-0.05, 0) is 45.0 Å². The third-order valence-corrected chi connectivity index (χ3v) is 4.72. The van der Waals surface area contributed by atoms with Gasteiger partial charge in [-0.2, -0.15) is 0 Å². The molecule has 1 rings (SSSR count). The van der Waals surface area contributed by atoms with Crippen LogP contribution in [-0.2, 0) is 13.6 Å². The van der Waals surface area contributed by atoms with Crippen LogP contribution < -0.4 is 4.74 Å². The van der Waals surface area contributed by atoms with Gasteiger partial charge in [0.1, 0.15) is 12.4 Å². The maximum Gasteiger partial charge on any atom is 0.334 e. The quantitative estimate of drug-likeness (QED) is 0.368. The summed E-state index contributed by atoms with van der Waals surface area (Å²) in [7, 11) is -3.03. The standard InChI is InChI=1S/C16H23O5P/c1-4-20-22(18,21-5-2)13-7-6-12-19-16-10-8-15(9-11-16)14(3)17/h6-11H,4-5,12-13H2,1-3H3. The van der Waals surface area contributed by atoms with Gasteiger partial charge in [-0.25, -0.2) is 0 Å². The Balaban J connectivity index is 2.42.